The molecule has 2 N–H and O–H groups in total. The van der Waals surface area contributed by atoms with Crippen LogP contribution in [0.5, 0.6) is 0 Å². The lowest BCUT2D eigenvalue weighted by Gasteiger charge is -2.27. The van der Waals surface area contributed by atoms with Crippen LogP contribution in [-0.2, 0) is 6.42 Å². The van der Waals surface area contributed by atoms with Gasteiger partial charge in [-0.25, -0.2) is 0 Å². The number of rotatable bonds is 6. The van der Waals surface area contributed by atoms with Crippen LogP contribution in [0.4, 0.5) is 0 Å². The Hall–Kier alpha value is -5.51. The van der Waals surface area contributed by atoms with E-state index in [1.807, 2.05) is 0 Å². The van der Waals surface area contributed by atoms with Gasteiger partial charge in [0, 0.05) is 28.4 Å². The lowest BCUT2D eigenvalue weighted by molar-refractivity contribution is 0.541. The summed E-state index contributed by atoms with van der Waals surface area (Å²) in [5, 5.41) is 4.71. The summed E-state index contributed by atoms with van der Waals surface area (Å²) in [5.41, 5.74) is 19.4. The normalized spacial score (nSPS) is 19.5. The second-order valence-electron chi connectivity index (χ2n) is 14.5. The van der Waals surface area contributed by atoms with Gasteiger partial charge in [-0.3, -0.25) is 4.99 Å². The molecule has 0 saturated carbocycles. The molecule has 0 bridgehead atoms. The van der Waals surface area contributed by atoms with Crippen molar-refractivity contribution in [3.8, 4) is 22.3 Å². The third kappa shape index (κ3) is 5.82. The van der Waals surface area contributed by atoms with Gasteiger partial charge in [-0.1, -0.05) is 128 Å². The highest BCUT2D eigenvalue weighted by atomic mass is 16.3. The highest BCUT2D eigenvalue weighted by Gasteiger charge is 2.26. The molecule has 1 aromatic heterocycles. The van der Waals surface area contributed by atoms with Crippen LogP contribution in [0.2, 0.25) is 0 Å². The van der Waals surface area contributed by atoms with E-state index in [2.05, 4.69) is 159 Å². The summed E-state index contributed by atoms with van der Waals surface area (Å²) in [6.45, 7) is 4.48. The summed E-state index contributed by atoms with van der Waals surface area (Å²) in [7, 11) is 0. The first-order chi connectivity index (χ1) is 25.0. The van der Waals surface area contributed by atoms with E-state index >= 15 is 0 Å². The molecule has 3 unspecified atom stereocenters. The predicted molar refractivity (Wildman–Crippen MR) is 215 cm³/mol. The summed E-state index contributed by atoms with van der Waals surface area (Å²) in [6.07, 6.45) is 12.1. The number of allylic oxidation sites excluding steroid dienone is 2. The van der Waals surface area contributed by atoms with Gasteiger partial charge in [0.2, 0.25) is 0 Å². The molecule has 1 heterocycles. The third-order valence-corrected chi connectivity index (χ3v) is 11.0. The van der Waals surface area contributed by atoms with Crippen molar-refractivity contribution in [1.82, 2.24) is 0 Å². The van der Waals surface area contributed by atoms with E-state index < -0.39 is 0 Å². The SMILES string of the molecule is CC1C=Cc2cc(-c3ccc(-c4cc([C@@H](C)N=C(c5ccccc5)C5CCC=CC5N)cc5oc6ccc7ccccc7c6c45)cc3)ccc2C1. The number of hydrogen-bond acceptors (Lipinski definition) is 3. The molecule has 0 radical (unpaired) electrons. The van der Waals surface area contributed by atoms with Crippen molar-refractivity contribution in [2.75, 3.05) is 0 Å². The van der Waals surface area contributed by atoms with Crippen molar-refractivity contribution < 1.29 is 4.42 Å². The standard InChI is InChI=1S/C48H42N2O/c1-30-16-17-38-27-37(23-22-36(38)26-30)32-18-20-34(21-19-32)42-28-39(29-45-47(42)46-40-13-7-6-10-33(40)24-25-44(46)51-45)31(2)50-48(35-11-4-3-5-12-35)41-14-8-9-15-43(41)49/h3-7,9-13,15-25,27-31,41,43H,8,14,26,49H2,1-2H3/t30?,31-,41?,43?/m1/s1. The fourth-order valence-electron chi connectivity index (χ4n) is 8.25. The Labute approximate surface area is 299 Å². The molecular weight excluding hydrogens is 621 g/mol. The zero-order chi connectivity index (χ0) is 34.5. The molecule has 3 nitrogen and oxygen atoms in total. The van der Waals surface area contributed by atoms with Crippen molar-refractivity contribution in [2.24, 2.45) is 22.6 Å². The molecule has 51 heavy (non-hydrogen) atoms. The van der Waals surface area contributed by atoms with E-state index in [-0.39, 0.29) is 18.0 Å². The number of benzene rings is 6. The van der Waals surface area contributed by atoms with Gasteiger partial charge in [0.25, 0.3) is 0 Å². The second-order valence-corrected chi connectivity index (χ2v) is 14.5. The fraction of sp³-hybridized carbons (Fsp3) is 0.188. The van der Waals surface area contributed by atoms with E-state index in [1.54, 1.807) is 0 Å². The Bertz CT molecular complexity index is 2500. The summed E-state index contributed by atoms with van der Waals surface area (Å²) in [4.78, 5) is 5.49. The molecule has 7 aromatic rings. The number of hydrogen-bond donors (Lipinski definition) is 1. The number of aliphatic imine (C=N–C) groups is 1. The van der Waals surface area contributed by atoms with Crippen LogP contribution in [-0.4, -0.2) is 11.8 Å². The highest BCUT2D eigenvalue weighted by Crippen LogP contribution is 2.43. The van der Waals surface area contributed by atoms with Crippen LogP contribution in [0.1, 0.15) is 55.0 Å². The van der Waals surface area contributed by atoms with Crippen molar-refractivity contribution in [3.63, 3.8) is 0 Å². The Morgan fingerprint density at radius 2 is 1.55 bits per heavy atom. The van der Waals surface area contributed by atoms with Gasteiger partial charge in [0.1, 0.15) is 11.2 Å². The first-order valence-electron chi connectivity index (χ1n) is 18.4. The fourth-order valence-corrected chi connectivity index (χ4v) is 8.25. The maximum absolute atomic E-state index is 6.71. The van der Waals surface area contributed by atoms with Crippen LogP contribution in [0.25, 0.3) is 61.0 Å². The maximum Gasteiger partial charge on any atom is 0.136 e. The monoisotopic (exact) mass is 662 g/mol. The van der Waals surface area contributed by atoms with Crippen molar-refractivity contribution in [2.45, 2.75) is 45.2 Å². The van der Waals surface area contributed by atoms with Crippen LogP contribution < -0.4 is 5.73 Å². The smallest absolute Gasteiger partial charge is 0.136 e. The molecular formula is C48H42N2O. The van der Waals surface area contributed by atoms with Crippen LogP contribution >= 0.6 is 0 Å². The van der Waals surface area contributed by atoms with E-state index in [9.17, 15) is 0 Å². The zero-order valence-corrected chi connectivity index (χ0v) is 29.2. The van der Waals surface area contributed by atoms with E-state index in [4.69, 9.17) is 15.1 Å². The van der Waals surface area contributed by atoms with Gasteiger partial charge >= 0.3 is 0 Å². The number of furan rings is 1. The van der Waals surface area contributed by atoms with Gasteiger partial charge in [0.15, 0.2) is 0 Å². The van der Waals surface area contributed by atoms with Gasteiger partial charge in [-0.15, -0.1) is 0 Å². The second kappa shape index (κ2) is 13.0. The van der Waals surface area contributed by atoms with Crippen molar-refractivity contribution in [1.29, 1.82) is 0 Å². The number of nitrogens with zero attached hydrogens (tertiary/aromatic N) is 1. The van der Waals surface area contributed by atoms with Crippen molar-refractivity contribution >= 4 is 44.5 Å². The van der Waals surface area contributed by atoms with Crippen LogP contribution in [0, 0.1) is 11.8 Å². The molecule has 2 aliphatic carbocycles. The summed E-state index contributed by atoms with van der Waals surface area (Å²) < 4.78 is 6.71. The molecule has 3 heteroatoms. The molecule has 2 aliphatic rings. The third-order valence-electron chi connectivity index (χ3n) is 11.0. The van der Waals surface area contributed by atoms with Crippen molar-refractivity contribution in [3.05, 3.63) is 162 Å². The first-order valence-corrected chi connectivity index (χ1v) is 18.4. The predicted octanol–water partition coefficient (Wildman–Crippen LogP) is 12.1. The minimum absolute atomic E-state index is 0.0557. The molecule has 250 valence electrons. The molecule has 4 atom stereocenters. The average Bonchev–Trinajstić information content (AvgIpc) is 3.56. The molecule has 0 aliphatic heterocycles. The van der Waals surface area contributed by atoms with Gasteiger partial charge in [-0.05, 0) is 112 Å². The highest BCUT2D eigenvalue weighted by molar-refractivity contribution is 6.22. The number of fused-ring (bicyclic) bond motifs is 6. The Morgan fingerprint density at radius 1 is 0.765 bits per heavy atom. The Balaban J connectivity index is 1.19. The topological polar surface area (TPSA) is 51.5 Å². The molecule has 0 saturated heterocycles. The van der Waals surface area contributed by atoms with Gasteiger partial charge < -0.3 is 10.2 Å². The zero-order valence-electron chi connectivity index (χ0n) is 29.2. The lowest BCUT2D eigenvalue weighted by Crippen LogP contribution is -2.36. The Morgan fingerprint density at radius 3 is 2.39 bits per heavy atom. The van der Waals surface area contributed by atoms with E-state index in [0.29, 0.717) is 5.92 Å². The molecule has 0 spiro atoms. The van der Waals surface area contributed by atoms with Gasteiger partial charge in [0.05, 0.1) is 6.04 Å². The summed E-state index contributed by atoms with van der Waals surface area (Å²) in [6, 6.07) is 43.8. The minimum atomic E-state index is -0.114. The average molecular weight is 663 g/mol. The first kappa shape index (κ1) is 31.5. The Kier molecular flexibility index (Phi) is 8.01. The minimum Gasteiger partial charge on any atom is -0.456 e. The lowest BCUT2D eigenvalue weighted by atomic mass is 9.83. The molecule has 9 rings (SSSR count). The summed E-state index contributed by atoms with van der Waals surface area (Å²) >= 11 is 0. The largest absolute Gasteiger partial charge is 0.456 e. The molecule has 0 fully saturated rings. The quantitative estimate of drug-likeness (QED) is 0.142. The van der Waals surface area contributed by atoms with E-state index in [0.717, 1.165) is 69.2 Å². The van der Waals surface area contributed by atoms with Crippen LogP contribution in [0.15, 0.2) is 149 Å². The maximum atomic E-state index is 6.71. The number of nitrogens with two attached hydrogens (primary N) is 1. The van der Waals surface area contributed by atoms with Gasteiger partial charge in [-0.2, -0.15) is 0 Å². The molecule has 0 amide bonds. The van der Waals surface area contributed by atoms with E-state index in [1.165, 1.54) is 33.0 Å². The summed E-state index contributed by atoms with van der Waals surface area (Å²) in [5.74, 6) is 0.752. The molecule has 6 aromatic carbocycles. The van der Waals surface area contributed by atoms with Crippen LogP contribution in [0.3, 0.4) is 0 Å².